The van der Waals surface area contributed by atoms with E-state index in [4.69, 9.17) is 0 Å². The highest BCUT2D eigenvalue weighted by Gasteiger charge is 2.34. The molecule has 0 spiro atoms. The molecule has 0 atom stereocenters. The lowest BCUT2D eigenvalue weighted by Gasteiger charge is -2.13. The van der Waals surface area contributed by atoms with E-state index >= 15 is 0 Å². The summed E-state index contributed by atoms with van der Waals surface area (Å²) in [4.78, 5) is 37.7. The summed E-state index contributed by atoms with van der Waals surface area (Å²) in [5, 5.41) is 1.97. The zero-order valence-electron chi connectivity index (χ0n) is 15.3. The summed E-state index contributed by atoms with van der Waals surface area (Å²) in [6.45, 7) is -3.17. The second-order valence-electron chi connectivity index (χ2n) is 6.02. The van der Waals surface area contributed by atoms with Crippen molar-refractivity contribution in [1.29, 1.82) is 0 Å². The fraction of sp³-hybridized carbons (Fsp3) is 0.150. The van der Waals surface area contributed by atoms with Crippen molar-refractivity contribution < 1.29 is 32.3 Å². The van der Waals surface area contributed by atoms with Gasteiger partial charge in [0.15, 0.2) is 0 Å². The Morgan fingerprint density at radius 2 is 1.93 bits per heavy atom. The molecule has 0 bridgehead atoms. The van der Waals surface area contributed by atoms with E-state index < -0.39 is 29.5 Å². The number of imide groups is 1. The van der Waals surface area contributed by atoms with Crippen LogP contribution in [0.4, 0.5) is 18.0 Å². The molecule has 30 heavy (non-hydrogen) atoms. The normalized spacial score (nSPS) is 15.2. The Labute approximate surface area is 173 Å². The molecule has 1 heterocycles. The maximum absolute atomic E-state index is 13.8. The Hall–Kier alpha value is -3.27. The molecule has 1 aliphatic rings. The Kier molecular flexibility index (Phi) is 6.78. The van der Waals surface area contributed by atoms with Crippen LogP contribution in [0.1, 0.15) is 15.9 Å². The van der Waals surface area contributed by atoms with Gasteiger partial charge in [0.05, 0.1) is 4.91 Å². The van der Waals surface area contributed by atoms with E-state index in [1.54, 1.807) is 6.07 Å². The first-order valence-corrected chi connectivity index (χ1v) is 9.50. The third-order valence-electron chi connectivity index (χ3n) is 4.01. The summed E-state index contributed by atoms with van der Waals surface area (Å²) in [5.74, 6) is -1.85. The fourth-order valence-corrected chi connectivity index (χ4v) is 3.48. The molecular formula is C20H15F3N2O4S. The van der Waals surface area contributed by atoms with Crippen molar-refractivity contribution in [2.45, 2.75) is 6.61 Å². The van der Waals surface area contributed by atoms with Crippen molar-refractivity contribution in [1.82, 2.24) is 10.2 Å². The van der Waals surface area contributed by atoms with Crippen molar-refractivity contribution in [2.75, 3.05) is 13.1 Å². The van der Waals surface area contributed by atoms with Crippen LogP contribution in [0, 0.1) is 5.82 Å². The van der Waals surface area contributed by atoms with E-state index in [1.165, 1.54) is 42.5 Å². The second kappa shape index (κ2) is 9.49. The minimum Gasteiger partial charge on any atom is -0.435 e. The number of thioether (sulfide) groups is 1. The molecule has 0 unspecified atom stereocenters. The van der Waals surface area contributed by atoms with Crippen LogP contribution in [-0.4, -0.2) is 41.7 Å². The Balaban J connectivity index is 1.58. The largest absolute Gasteiger partial charge is 0.435 e. The van der Waals surface area contributed by atoms with Gasteiger partial charge in [-0.25, -0.2) is 4.39 Å². The van der Waals surface area contributed by atoms with E-state index in [0.717, 1.165) is 11.0 Å². The van der Waals surface area contributed by atoms with Crippen molar-refractivity contribution in [2.24, 2.45) is 0 Å². The molecule has 0 aromatic heterocycles. The van der Waals surface area contributed by atoms with Crippen LogP contribution in [0.25, 0.3) is 6.08 Å². The molecule has 156 valence electrons. The van der Waals surface area contributed by atoms with Gasteiger partial charge in [0.1, 0.15) is 11.6 Å². The molecule has 0 aliphatic carbocycles. The summed E-state index contributed by atoms with van der Waals surface area (Å²) in [7, 11) is 0. The second-order valence-corrected chi connectivity index (χ2v) is 7.01. The van der Waals surface area contributed by atoms with Gasteiger partial charge in [0, 0.05) is 24.2 Å². The highest BCUT2D eigenvalue weighted by atomic mass is 32.2. The molecule has 2 aromatic rings. The average Bonchev–Trinajstić information content (AvgIpc) is 2.96. The predicted molar refractivity (Wildman–Crippen MR) is 104 cm³/mol. The number of hydrogen-bond donors (Lipinski definition) is 1. The number of nitrogens with one attached hydrogen (secondary N) is 1. The van der Waals surface area contributed by atoms with Crippen LogP contribution in [0.15, 0.2) is 53.4 Å². The smallest absolute Gasteiger partial charge is 0.387 e. The molecule has 3 rings (SSSR count). The Morgan fingerprint density at radius 3 is 2.67 bits per heavy atom. The molecular weight excluding hydrogens is 421 g/mol. The summed E-state index contributed by atoms with van der Waals surface area (Å²) in [6, 6.07) is 11.1. The van der Waals surface area contributed by atoms with Crippen LogP contribution in [0.5, 0.6) is 5.75 Å². The Bertz CT molecular complexity index is 1010. The molecule has 2 aromatic carbocycles. The molecule has 1 N–H and O–H groups in total. The topological polar surface area (TPSA) is 75.7 Å². The minimum atomic E-state index is -3.01. The van der Waals surface area contributed by atoms with Gasteiger partial charge in [-0.1, -0.05) is 24.3 Å². The van der Waals surface area contributed by atoms with Crippen molar-refractivity contribution in [3.8, 4) is 5.75 Å². The van der Waals surface area contributed by atoms with Crippen molar-refractivity contribution in [3.05, 3.63) is 70.4 Å². The highest BCUT2D eigenvalue weighted by Crippen LogP contribution is 2.32. The summed E-state index contributed by atoms with van der Waals surface area (Å²) < 4.78 is 42.5. The summed E-state index contributed by atoms with van der Waals surface area (Å²) >= 11 is 0.680. The number of halogens is 3. The zero-order chi connectivity index (χ0) is 21.7. The average molecular weight is 436 g/mol. The minimum absolute atomic E-state index is 0.0518. The van der Waals surface area contributed by atoms with E-state index in [-0.39, 0.29) is 34.9 Å². The molecule has 6 nitrogen and oxygen atoms in total. The number of ether oxygens (including phenoxy) is 1. The van der Waals surface area contributed by atoms with Crippen LogP contribution in [0.3, 0.4) is 0 Å². The molecule has 10 heteroatoms. The van der Waals surface area contributed by atoms with Crippen LogP contribution >= 0.6 is 11.8 Å². The van der Waals surface area contributed by atoms with Gasteiger partial charge in [-0.05, 0) is 42.1 Å². The van der Waals surface area contributed by atoms with E-state index in [2.05, 4.69) is 10.1 Å². The number of carbonyl (C=O) groups is 3. The summed E-state index contributed by atoms with van der Waals surface area (Å²) in [6.07, 6.45) is 1.30. The monoisotopic (exact) mass is 436 g/mol. The maximum Gasteiger partial charge on any atom is 0.387 e. The lowest BCUT2D eigenvalue weighted by Crippen LogP contribution is -2.37. The van der Waals surface area contributed by atoms with Gasteiger partial charge in [-0.2, -0.15) is 8.78 Å². The SMILES string of the molecule is O=C(NCCN1C(=O)S/C(=C\c2ccccc2F)C1=O)c1cccc(OC(F)F)c1. The van der Waals surface area contributed by atoms with Gasteiger partial charge in [0.25, 0.3) is 17.1 Å². The van der Waals surface area contributed by atoms with E-state index in [0.29, 0.717) is 11.8 Å². The zero-order valence-corrected chi connectivity index (χ0v) is 16.1. The quantitative estimate of drug-likeness (QED) is 0.667. The summed E-state index contributed by atoms with van der Waals surface area (Å²) in [5.41, 5.74) is 0.268. The molecule has 0 saturated carbocycles. The third kappa shape index (κ3) is 5.20. The van der Waals surface area contributed by atoms with Crippen LogP contribution in [0.2, 0.25) is 0 Å². The molecule has 0 radical (unpaired) electrons. The number of hydrogen-bond acceptors (Lipinski definition) is 5. The first-order chi connectivity index (χ1) is 14.3. The van der Waals surface area contributed by atoms with E-state index in [1.807, 2.05) is 0 Å². The molecule has 1 aliphatic heterocycles. The van der Waals surface area contributed by atoms with Gasteiger partial charge in [-0.15, -0.1) is 0 Å². The predicted octanol–water partition coefficient (Wildman–Crippen LogP) is 3.89. The number of alkyl halides is 2. The third-order valence-corrected chi connectivity index (χ3v) is 4.92. The number of benzene rings is 2. The maximum atomic E-state index is 13.8. The van der Waals surface area contributed by atoms with Crippen molar-refractivity contribution in [3.63, 3.8) is 0 Å². The van der Waals surface area contributed by atoms with Crippen LogP contribution < -0.4 is 10.1 Å². The number of amides is 3. The van der Waals surface area contributed by atoms with Gasteiger partial charge < -0.3 is 10.1 Å². The Morgan fingerprint density at radius 1 is 1.17 bits per heavy atom. The van der Waals surface area contributed by atoms with Crippen LogP contribution in [-0.2, 0) is 4.79 Å². The molecule has 1 saturated heterocycles. The molecule has 1 fully saturated rings. The fourth-order valence-electron chi connectivity index (χ4n) is 2.62. The number of nitrogens with zero attached hydrogens (tertiary/aromatic N) is 1. The van der Waals surface area contributed by atoms with E-state index in [9.17, 15) is 27.6 Å². The van der Waals surface area contributed by atoms with Gasteiger partial charge in [0.2, 0.25) is 0 Å². The number of rotatable bonds is 7. The first kappa shape index (κ1) is 21.4. The van der Waals surface area contributed by atoms with Crippen molar-refractivity contribution >= 4 is 34.9 Å². The lowest BCUT2D eigenvalue weighted by atomic mass is 10.2. The van der Waals surface area contributed by atoms with Gasteiger partial charge >= 0.3 is 6.61 Å². The molecule has 3 amide bonds. The standard InChI is InChI=1S/C20H15F3N2O4S/c21-15-7-2-1-4-12(15)11-16-18(27)25(20(28)30-16)9-8-24-17(26)13-5-3-6-14(10-13)29-19(22)23/h1-7,10-11,19H,8-9H2,(H,24,26)/b16-11-. The lowest BCUT2D eigenvalue weighted by molar-refractivity contribution is -0.122. The van der Waals surface area contributed by atoms with Gasteiger partial charge in [-0.3, -0.25) is 19.3 Å². The number of carbonyl (C=O) groups excluding carboxylic acids is 3. The highest BCUT2D eigenvalue weighted by molar-refractivity contribution is 8.18. The first-order valence-electron chi connectivity index (χ1n) is 8.68.